The van der Waals surface area contributed by atoms with E-state index in [1.807, 2.05) is 41.8 Å². The first-order chi connectivity index (χ1) is 13.9. The molecule has 3 saturated heterocycles. The number of carbonyl (C=O) groups is 2. The minimum Gasteiger partial charge on any atom is -0.481 e. The van der Waals surface area contributed by atoms with Crippen LogP contribution in [0.1, 0.15) is 32.4 Å². The number of rotatable bonds is 5. The Morgan fingerprint density at radius 2 is 1.93 bits per heavy atom. The highest BCUT2D eigenvalue weighted by molar-refractivity contribution is 5.87. The van der Waals surface area contributed by atoms with Gasteiger partial charge in [0.05, 0.1) is 18.2 Å². The van der Waals surface area contributed by atoms with Crippen molar-refractivity contribution in [1.82, 2.24) is 19.7 Å². The molecule has 2 atom stereocenters. The molecule has 3 fully saturated rings. The van der Waals surface area contributed by atoms with Gasteiger partial charge in [-0.3, -0.25) is 14.5 Å². The molecule has 0 radical (unpaired) electrons. The van der Waals surface area contributed by atoms with Crippen LogP contribution in [0.3, 0.4) is 0 Å². The molecular weight excluding hydrogens is 368 g/mol. The predicted octanol–water partition coefficient (Wildman–Crippen LogP) is 1.63. The third kappa shape index (κ3) is 3.72. The Hall–Kier alpha value is -2.15. The van der Waals surface area contributed by atoms with E-state index in [1.165, 1.54) is 0 Å². The first-order valence-corrected chi connectivity index (χ1v) is 10.7. The summed E-state index contributed by atoms with van der Waals surface area (Å²) in [5.41, 5.74) is 0.469. The Labute approximate surface area is 173 Å². The molecule has 3 aliphatic rings. The highest BCUT2D eigenvalue weighted by Gasteiger charge is 2.59. The van der Waals surface area contributed by atoms with E-state index in [0.29, 0.717) is 32.1 Å². The highest BCUT2D eigenvalue weighted by atomic mass is 16.5. The van der Waals surface area contributed by atoms with Gasteiger partial charge in [-0.2, -0.15) is 0 Å². The van der Waals surface area contributed by atoms with Gasteiger partial charge in [-0.1, -0.05) is 19.9 Å². The van der Waals surface area contributed by atoms with Crippen molar-refractivity contribution in [2.45, 2.75) is 33.2 Å². The van der Waals surface area contributed by atoms with Gasteiger partial charge < -0.3 is 14.5 Å². The second-order valence-corrected chi connectivity index (χ2v) is 9.07. The molecule has 158 valence electrons. The van der Waals surface area contributed by atoms with Crippen LogP contribution in [-0.4, -0.2) is 77.9 Å². The Morgan fingerprint density at radius 3 is 2.62 bits per heavy atom. The van der Waals surface area contributed by atoms with Gasteiger partial charge in [0.1, 0.15) is 0 Å². The molecule has 0 unspecified atom stereocenters. The number of hydrogen-bond acceptors (Lipinski definition) is 5. The van der Waals surface area contributed by atoms with Gasteiger partial charge in [-0.15, -0.1) is 0 Å². The lowest BCUT2D eigenvalue weighted by atomic mass is 9.79. The third-order valence-electron chi connectivity index (χ3n) is 6.68. The molecule has 7 nitrogen and oxygen atoms in total. The fourth-order valence-electron chi connectivity index (χ4n) is 5.25. The largest absolute Gasteiger partial charge is 0.481 e. The molecule has 0 spiro atoms. The van der Waals surface area contributed by atoms with Crippen LogP contribution in [0, 0.1) is 17.3 Å². The van der Waals surface area contributed by atoms with Gasteiger partial charge in [0, 0.05) is 63.7 Å². The fourth-order valence-corrected chi connectivity index (χ4v) is 5.25. The van der Waals surface area contributed by atoms with Gasteiger partial charge in [-0.25, -0.2) is 4.98 Å². The van der Waals surface area contributed by atoms with Gasteiger partial charge in [0.2, 0.25) is 17.7 Å². The van der Waals surface area contributed by atoms with Gasteiger partial charge in [-0.05, 0) is 18.9 Å². The quantitative estimate of drug-likeness (QED) is 0.752. The lowest BCUT2D eigenvalue weighted by molar-refractivity contribution is -0.142. The number of carbonyl (C=O) groups excluding carboxylic acids is 2. The van der Waals surface area contributed by atoms with E-state index in [0.717, 1.165) is 38.2 Å². The van der Waals surface area contributed by atoms with Gasteiger partial charge in [0.15, 0.2) is 0 Å². The summed E-state index contributed by atoms with van der Waals surface area (Å²) in [7, 11) is 1.62. The van der Waals surface area contributed by atoms with Crippen molar-refractivity contribution in [2.24, 2.45) is 17.3 Å². The summed E-state index contributed by atoms with van der Waals surface area (Å²) in [4.78, 5) is 37.1. The summed E-state index contributed by atoms with van der Waals surface area (Å²) >= 11 is 0. The molecule has 2 amide bonds. The molecule has 1 aromatic rings. The zero-order chi connectivity index (χ0) is 20.6. The zero-order valence-corrected chi connectivity index (χ0v) is 17.8. The second kappa shape index (κ2) is 7.94. The molecule has 0 aliphatic carbocycles. The SMILES string of the molecule is COc1cccc(CN2C[C@@H]3CN(C(=O)C(C)C)C[C@]3(C(=O)N3CCCC3)C2)n1. The van der Waals surface area contributed by atoms with Crippen molar-refractivity contribution in [2.75, 3.05) is 46.4 Å². The normalized spacial score (nSPS) is 27.0. The smallest absolute Gasteiger partial charge is 0.232 e. The molecule has 4 rings (SSSR count). The molecule has 29 heavy (non-hydrogen) atoms. The first-order valence-electron chi connectivity index (χ1n) is 10.7. The molecule has 4 heterocycles. The summed E-state index contributed by atoms with van der Waals surface area (Å²) in [6.07, 6.45) is 2.16. The number of aromatic nitrogens is 1. The van der Waals surface area contributed by atoms with Crippen LogP contribution in [0.4, 0.5) is 0 Å². The Morgan fingerprint density at radius 1 is 1.17 bits per heavy atom. The first kappa shape index (κ1) is 20.1. The van der Waals surface area contributed by atoms with Crippen molar-refractivity contribution < 1.29 is 14.3 Å². The predicted molar refractivity (Wildman–Crippen MR) is 109 cm³/mol. The van der Waals surface area contributed by atoms with Crippen molar-refractivity contribution in [3.63, 3.8) is 0 Å². The van der Waals surface area contributed by atoms with Crippen molar-refractivity contribution in [3.05, 3.63) is 23.9 Å². The minimum absolute atomic E-state index is 0.0372. The van der Waals surface area contributed by atoms with Crippen LogP contribution in [0.15, 0.2) is 18.2 Å². The number of amides is 2. The van der Waals surface area contributed by atoms with Crippen molar-refractivity contribution in [3.8, 4) is 5.88 Å². The van der Waals surface area contributed by atoms with E-state index in [-0.39, 0.29) is 23.7 Å². The molecule has 3 aliphatic heterocycles. The number of nitrogens with zero attached hydrogens (tertiary/aromatic N) is 4. The van der Waals surface area contributed by atoms with Crippen LogP contribution >= 0.6 is 0 Å². The Bertz CT molecular complexity index is 777. The summed E-state index contributed by atoms with van der Waals surface area (Å²) in [6, 6.07) is 5.79. The number of fused-ring (bicyclic) bond motifs is 1. The molecule has 0 N–H and O–H groups in total. The molecular formula is C22H32N4O3. The fraction of sp³-hybridized carbons (Fsp3) is 0.682. The number of ether oxygens (including phenoxy) is 1. The maximum Gasteiger partial charge on any atom is 0.232 e. The zero-order valence-electron chi connectivity index (χ0n) is 17.8. The van der Waals surface area contributed by atoms with Crippen LogP contribution in [0.2, 0.25) is 0 Å². The standard InChI is InChI=1S/C22H32N4O3/c1-16(2)20(27)26-12-17-11-24(13-18-7-6-8-19(23-18)29-3)14-22(17,15-26)21(28)25-9-4-5-10-25/h6-8,16-17H,4-5,9-15H2,1-3H3/t17-,22-/m1/s1. The molecule has 1 aromatic heterocycles. The topological polar surface area (TPSA) is 66.0 Å². The average molecular weight is 401 g/mol. The summed E-state index contributed by atoms with van der Waals surface area (Å²) in [6.45, 7) is 9.00. The van der Waals surface area contributed by atoms with E-state index >= 15 is 0 Å². The third-order valence-corrected chi connectivity index (χ3v) is 6.68. The van der Waals surface area contributed by atoms with Crippen LogP contribution in [0.5, 0.6) is 5.88 Å². The number of likely N-dealkylation sites (tertiary alicyclic amines) is 3. The Kier molecular flexibility index (Phi) is 5.51. The number of pyridine rings is 1. The van der Waals surface area contributed by atoms with Gasteiger partial charge >= 0.3 is 0 Å². The monoisotopic (exact) mass is 400 g/mol. The molecule has 7 heteroatoms. The lowest BCUT2D eigenvalue weighted by Crippen LogP contribution is -2.49. The summed E-state index contributed by atoms with van der Waals surface area (Å²) < 4.78 is 5.25. The Balaban J connectivity index is 1.54. The van der Waals surface area contributed by atoms with E-state index < -0.39 is 5.41 Å². The van der Waals surface area contributed by atoms with Crippen molar-refractivity contribution in [1.29, 1.82) is 0 Å². The van der Waals surface area contributed by atoms with E-state index in [1.54, 1.807) is 7.11 Å². The molecule has 0 saturated carbocycles. The molecule has 0 aromatic carbocycles. The van der Waals surface area contributed by atoms with E-state index in [9.17, 15) is 9.59 Å². The maximum atomic E-state index is 13.6. The van der Waals surface area contributed by atoms with E-state index in [4.69, 9.17) is 4.74 Å². The van der Waals surface area contributed by atoms with Crippen LogP contribution in [-0.2, 0) is 16.1 Å². The van der Waals surface area contributed by atoms with Crippen molar-refractivity contribution >= 4 is 11.8 Å². The highest BCUT2D eigenvalue weighted by Crippen LogP contribution is 2.45. The minimum atomic E-state index is -0.478. The lowest BCUT2D eigenvalue weighted by Gasteiger charge is -2.32. The summed E-state index contributed by atoms with van der Waals surface area (Å²) in [5, 5.41) is 0. The maximum absolute atomic E-state index is 13.6. The summed E-state index contributed by atoms with van der Waals surface area (Å²) in [5.74, 6) is 1.17. The average Bonchev–Trinajstić information content (AvgIpc) is 3.42. The molecule has 0 bridgehead atoms. The number of methoxy groups -OCH3 is 1. The number of hydrogen-bond donors (Lipinski definition) is 0. The van der Waals surface area contributed by atoms with Crippen LogP contribution in [0.25, 0.3) is 0 Å². The van der Waals surface area contributed by atoms with E-state index in [2.05, 4.69) is 9.88 Å². The second-order valence-electron chi connectivity index (χ2n) is 9.07. The van der Waals surface area contributed by atoms with Crippen LogP contribution < -0.4 is 4.74 Å². The van der Waals surface area contributed by atoms with Gasteiger partial charge in [0.25, 0.3) is 0 Å².